The van der Waals surface area contributed by atoms with Crippen molar-refractivity contribution < 1.29 is 4.79 Å². The number of carbonyl (C=O) groups is 1. The molecule has 27 heavy (non-hydrogen) atoms. The maximum atomic E-state index is 12.1. The molecule has 1 aromatic heterocycles. The summed E-state index contributed by atoms with van der Waals surface area (Å²) in [6, 6.07) is 15.2. The van der Waals surface area contributed by atoms with E-state index >= 15 is 0 Å². The fourth-order valence-corrected chi connectivity index (χ4v) is 3.13. The molecule has 2 aromatic carbocycles. The van der Waals surface area contributed by atoms with Gasteiger partial charge in [0, 0.05) is 33.2 Å². The highest BCUT2D eigenvalue weighted by Crippen LogP contribution is 2.21. The maximum absolute atomic E-state index is 12.1. The molecule has 1 heterocycles. The van der Waals surface area contributed by atoms with Crippen molar-refractivity contribution in [2.45, 2.75) is 27.7 Å². The van der Waals surface area contributed by atoms with Crippen LogP contribution in [0.25, 0.3) is 5.69 Å². The van der Waals surface area contributed by atoms with Crippen molar-refractivity contribution in [3.63, 3.8) is 0 Å². The predicted octanol–water partition coefficient (Wildman–Crippen LogP) is 5.13. The number of hydrazone groups is 1. The molecule has 0 radical (unpaired) electrons. The molecule has 138 valence electrons. The fourth-order valence-electron chi connectivity index (χ4n) is 3.01. The van der Waals surface area contributed by atoms with Gasteiger partial charge in [0.1, 0.15) is 0 Å². The van der Waals surface area contributed by atoms with Crippen molar-refractivity contribution in [2.24, 2.45) is 5.10 Å². The molecule has 5 heteroatoms. The van der Waals surface area contributed by atoms with Crippen LogP contribution in [0.4, 0.5) is 0 Å². The van der Waals surface area contributed by atoms with E-state index in [9.17, 15) is 4.79 Å². The lowest BCUT2D eigenvalue weighted by Crippen LogP contribution is -2.17. The Kier molecular flexibility index (Phi) is 5.47. The zero-order valence-corrected chi connectivity index (χ0v) is 16.6. The first-order chi connectivity index (χ1) is 12.9. The van der Waals surface area contributed by atoms with Crippen LogP contribution < -0.4 is 5.43 Å². The predicted molar refractivity (Wildman–Crippen MR) is 111 cm³/mol. The Bertz CT molecular complexity index is 1020. The van der Waals surface area contributed by atoms with Crippen molar-refractivity contribution in [3.8, 4) is 5.69 Å². The zero-order chi connectivity index (χ0) is 19.6. The second-order valence-electron chi connectivity index (χ2n) is 6.64. The van der Waals surface area contributed by atoms with Gasteiger partial charge in [-0.3, -0.25) is 4.79 Å². The van der Waals surface area contributed by atoms with E-state index in [0.717, 1.165) is 22.6 Å². The van der Waals surface area contributed by atoms with Crippen LogP contribution in [-0.2, 0) is 0 Å². The summed E-state index contributed by atoms with van der Waals surface area (Å²) in [6.07, 6.45) is 1.67. The highest BCUT2D eigenvalue weighted by atomic mass is 35.5. The molecule has 0 fully saturated rings. The maximum Gasteiger partial charge on any atom is 0.271 e. The Morgan fingerprint density at radius 1 is 1.00 bits per heavy atom. The van der Waals surface area contributed by atoms with Gasteiger partial charge in [0.15, 0.2) is 0 Å². The number of nitrogens with zero attached hydrogens (tertiary/aromatic N) is 2. The first kappa shape index (κ1) is 18.9. The van der Waals surface area contributed by atoms with Gasteiger partial charge in [-0.2, -0.15) is 5.10 Å². The molecular weight excluding hydrogens is 358 g/mol. The average molecular weight is 380 g/mol. The first-order valence-corrected chi connectivity index (χ1v) is 9.10. The molecule has 0 saturated heterocycles. The SMILES string of the molecule is Cc1ccc(-n2c(C)cc(/C=N\NC(=O)c3ccc(Cl)cc3)c2C)cc1C. The minimum atomic E-state index is -0.272. The quantitative estimate of drug-likeness (QED) is 0.495. The van der Waals surface area contributed by atoms with Gasteiger partial charge in [0.2, 0.25) is 0 Å². The van der Waals surface area contributed by atoms with E-state index in [2.05, 4.69) is 60.1 Å². The first-order valence-electron chi connectivity index (χ1n) is 8.72. The summed E-state index contributed by atoms with van der Waals surface area (Å²) in [6.45, 7) is 8.33. The topological polar surface area (TPSA) is 46.4 Å². The van der Waals surface area contributed by atoms with Crippen molar-refractivity contribution in [1.82, 2.24) is 9.99 Å². The van der Waals surface area contributed by atoms with Gasteiger partial charge >= 0.3 is 0 Å². The molecule has 3 rings (SSSR count). The standard InChI is InChI=1S/C22H22ClN3O/c1-14-5-10-21(11-15(14)2)26-16(3)12-19(17(26)4)13-24-25-22(27)18-6-8-20(23)9-7-18/h5-13H,1-4H3,(H,25,27)/b24-13-. The third kappa shape index (κ3) is 4.12. The van der Waals surface area contributed by atoms with E-state index in [1.54, 1.807) is 30.5 Å². The van der Waals surface area contributed by atoms with Crippen LogP contribution >= 0.6 is 11.6 Å². The number of halogens is 1. The molecule has 1 amide bonds. The third-order valence-electron chi connectivity index (χ3n) is 4.70. The lowest BCUT2D eigenvalue weighted by Gasteiger charge is -2.11. The van der Waals surface area contributed by atoms with E-state index in [4.69, 9.17) is 11.6 Å². The van der Waals surface area contributed by atoms with Crippen LogP contribution in [0.5, 0.6) is 0 Å². The smallest absolute Gasteiger partial charge is 0.271 e. The highest BCUT2D eigenvalue weighted by Gasteiger charge is 2.10. The van der Waals surface area contributed by atoms with Crippen LogP contribution in [0, 0.1) is 27.7 Å². The minimum Gasteiger partial charge on any atom is -0.318 e. The van der Waals surface area contributed by atoms with Gasteiger partial charge in [-0.05, 0) is 81.3 Å². The summed E-state index contributed by atoms with van der Waals surface area (Å²) in [5.74, 6) is -0.272. The largest absolute Gasteiger partial charge is 0.318 e. The van der Waals surface area contributed by atoms with Crippen LogP contribution in [0.2, 0.25) is 5.02 Å². The number of nitrogens with one attached hydrogen (secondary N) is 1. The number of carbonyl (C=O) groups excluding carboxylic acids is 1. The van der Waals surface area contributed by atoms with Gasteiger partial charge in [-0.15, -0.1) is 0 Å². The van der Waals surface area contributed by atoms with Crippen LogP contribution in [-0.4, -0.2) is 16.7 Å². The van der Waals surface area contributed by atoms with E-state index < -0.39 is 0 Å². The van der Waals surface area contributed by atoms with E-state index in [-0.39, 0.29) is 5.91 Å². The van der Waals surface area contributed by atoms with Crippen molar-refractivity contribution in [3.05, 3.63) is 87.2 Å². The Morgan fingerprint density at radius 2 is 1.70 bits per heavy atom. The molecule has 0 spiro atoms. The molecule has 0 aliphatic rings. The second-order valence-corrected chi connectivity index (χ2v) is 7.07. The van der Waals surface area contributed by atoms with Crippen LogP contribution in [0.15, 0.2) is 53.6 Å². The molecule has 0 atom stereocenters. The summed E-state index contributed by atoms with van der Waals surface area (Å²) in [7, 11) is 0. The third-order valence-corrected chi connectivity index (χ3v) is 4.95. The fraction of sp³-hybridized carbons (Fsp3) is 0.182. The lowest BCUT2D eigenvalue weighted by atomic mass is 10.1. The average Bonchev–Trinajstić information content (AvgIpc) is 2.92. The molecule has 4 nitrogen and oxygen atoms in total. The summed E-state index contributed by atoms with van der Waals surface area (Å²) in [5.41, 5.74) is 9.86. The van der Waals surface area contributed by atoms with Crippen molar-refractivity contribution >= 4 is 23.7 Å². The van der Waals surface area contributed by atoms with Gasteiger partial charge in [0.25, 0.3) is 5.91 Å². The molecule has 0 saturated carbocycles. The van der Waals surface area contributed by atoms with E-state index in [0.29, 0.717) is 10.6 Å². The van der Waals surface area contributed by atoms with Crippen LogP contribution in [0.3, 0.4) is 0 Å². The Balaban J connectivity index is 1.79. The lowest BCUT2D eigenvalue weighted by molar-refractivity contribution is 0.0955. The van der Waals surface area contributed by atoms with Crippen molar-refractivity contribution in [1.29, 1.82) is 0 Å². The van der Waals surface area contributed by atoms with Crippen molar-refractivity contribution in [2.75, 3.05) is 0 Å². The summed E-state index contributed by atoms with van der Waals surface area (Å²) in [5, 5.41) is 4.70. The Hall–Kier alpha value is -2.85. The van der Waals surface area contributed by atoms with E-state index in [1.807, 2.05) is 6.92 Å². The number of benzene rings is 2. The van der Waals surface area contributed by atoms with Gasteiger partial charge in [-0.25, -0.2) is 5.43 Å². The summed E-state index contributed by atoms with van der Waals surface area (Å²) < 4.78 is 2.19. The number of hydrogen-bond donors (Lipinski definition) is 1. The van der Waals surface area contributed by atoms with E-state index in [1.165, 1.54) is 11.1 Å². The number of amides is 1. The summed E-state index contributed by atoms with van der Waals surface area (Å²) in [4.78, 5) is 12.1. The molecule has 0 bridgehead atoms. The molecular formula is C22H22ClN3O. The molecule has 0 aliphatic heterocycles. The second kappa shape index (κ2) is 7.80. The van der Waals surface area contributed by atoms with Crippen LogP contribution in [0.1, 0.15) is 38.4 Å². The Morgan fingerprint density at radius 3 is 2.37 bits per heavy atom. The number of aryl methyl sites for hydroxylation is 3. The molecule has 1 N–H and O–H groups in total. The molecule has 0 unspecified atom stereocenters. The minimum absolute atomic E-state index is 0.272. The number of rotatable bonds is 4. The Labute approximate surface area is 164 Å². The normalized spacial score (nSPS) is 11.1. The molecule has 3 aromatic rings. The van der Waals surface area contributed by atoms with Gasteiger partial charge in [-0.1, -0.05) is 17.7 Å². The van der Waals surface area contributed by atoms with Gasteiger partial charge < -0.3 is 4.57 Å². The monoisotopic (exact) mass is 379 g/mol. The number of hydrogen-bond acceptors (Lipinski definition) is 2. The number of aromatic nitrogens is 1. The van der Waals surface area contributed by atoms with Gasteiger partial charge in [0.05, 0.1) is 6.21 Å². The highest BCUT2D eigenvalue weighted by molar-refractivity contribution is 6.30. The summed E-state index contributed by atoms with van der Waals surface area (Å²) >= 11 is 5.84. The molecule has 0 aliphatic carbocycles. The zero-order valence-electron chi connectivity index (χ0n) is 15.9.